The van der Waals surface area contributed by atoms with Crippen molar-refractivity contribution in [3.8, 4) is 0 Å². The lowest BCUT2D eigenvalue weighted by Gasteiger charge is -2.32. The zero-order valence-corrected chi connectivity index (χ0v) is 13.0. The first kappa shape index (κ1) is 16.5. The molecule has 0 aromatic heterocycles. The first-order valence-electron chi connectivity index (χ1n) is 6.91. The molecule has 0 bridgehead atoms. The van der Waals surface area contributed by atoms with Crippen molar-refractivity contribution in [2.24, 2.45) is 11.8 Å². The fraction of sp³-hybridized carbons (Fsp3) is 0.375. The molecule has 118 valence electrons. The summed E-state index contributed by atoms with van der Waals surface area (Å²) in [6.45, 7) is 3.75. The van der Waals surface area contributed by atoms with E-state index in [-0.39, 0.29) is 5.02 Å². The zero-order chi connectivity index (χ0) is 16.4. The van der Waals surface area contributed by atoms with Gasteiger partial charge in [0.25, 0.3) is 0 Å². The third-order valence-electron chi connectivity index (χ3n) is 4.09. The van der Waals surface area contributed by atoms with Gasteiger partial charge in [0.1, 0.15) is 5.82 Å². The molecule has 0 aliphatic heterocycles. The maximum Gasteiger partial charge on any atom is 0.228 e. The van der Waals surface area contributed by atoms with Crippen LogP contribution in [0.25, 0.3) is 0 Å². The van der Waals surface area contributed by atoms with Crippen LogP contribution in [-0.2, 0) is 9.59 Å². The van der Waals surface area contributed by atoms with Crippen LogP contribution < -0.4 is 10.4 Å². The molecule has 0 heterocycles. The Morgan fingerprint density at radius 2 is 1.82 bits per heavy atom. The fourth-order valence-corrected chi connectivity index (χ4v) is 2.81. The van der Waals surface area contributed by atoms with E-state index < -0.39 is 29.5 Å². The lowest BCUT2D eigenvalue weighted by atomic mass is 9.76. The maximum atomic E-state index is 13.1. The second-order valence-electron chi connectivity index (χ2n) is 5.62. The van der Waals surface area contributed by atoms with Crippen LogP contribution in [-0.4, -0.2) is 11.9 Å². The van der Waals surface area contributed by atoms with Gasteiger partial charge in [-0.15, -0.1) is 0 Å². The van der Waals surface area contributed by atoms with Crippen LogP contribution in [0.4, 0.5) is 10.1 Å². The van der Waals surface area contributed by atoms with Crippen LogP contribution >= 0.6 is 11.6 Å². The minimum Gasteiger partial charge on any atom is -0.550 e. The third kappa shape index (κ3) is 3.47. The number of hydrogen-bond donors (Lipinski definition) is 1. The van der Waals surface area contributed by atoms with Crippen molar-refractivity contribution >= 4 is 29.2 Å². The molecule has 6 heteroatoms. The minimum absolute atomic E-state index is 0.107. The Hall–Kier alpha value is -1.88. The third-order valence-corrected chi connectivity index (χ3v) is 4.38. The highest BCUT2D eigenvalue weighted by molar-refractivity contribution is 6.31. The molecule has 1 N–H and O–H groups in total. The summed E-state index contributed by atoms with van der Waals surface area (Å²) in [5.41, 5.74) is 2.32. The molecule has 0 unspecified atom stereocenters. The summed E-state index contributed by atoms with van der Waals surface area (Å²) in [5.74, 6) is -3.82. The van der Waals surface area contributed by atoms with Crippen molar-refractivity contribution in [3.63, 3.8) is 0 Å². The normalized spacial score (nSPS) is 21.6. The number of aliphatic carboxylic acids is 1. The van der Waals surface area contributed by atoms with E-state index in [9.17, 15) is 19.1 Å². The van der Waals surface area contributed by atoms with Crippen molar-refractivity contribution in [1.29, 1.82) is 0 Å². The number of anilines is 1. The fourth-order valence-electron chi connectivity index (χ4n) is 2.62. The van der Waals surface area contributed by atoms with Gasteiger partial charge in [-0.3, -0.25) is 4.79 Å². The van der Waals surface area contributed by atoms with Crippen molar-refractivity contribution in [2.45, 2.75) is 26.7 Å². The van der Waals surface area contributed by atoms with E-state index in [0.29, 0.717) is 18.5 Å². The molecular weight excluding hydrogens is 309 g/mol. The van der Waals surface area contributed by atoms with Crippen LogP contribution in [0.1, 0.15) is 26.7 Å². The SMILES string of the molecule is CC1=C(C)C[C@@H](C(=O)[O-])[C@@H](C(=O)Nc2ccc(F)c(Cl)c2)C1. The number of rotatable bonds is 3. The highest BCUT2D eigenvalue weighted by Gasteiger charge is 2.33. The summed E-state index contributed by atoms with van der Waals surface area (Å²) < 4.78 is 13.1. The zero-order valence-electron chi connectivity index (χ0n) is 12.3. The number of carbonyl (C=O) groups is 2. The number of carbonyl (C=O) groups excluding carboxylic acids is 2. The van der Waals surface area contributed by atoms with E-state index in [1.165, 1.54) is 12.1 Å². The van der Waals surface area contributed by atoms with Crippen LogP contribution in [0.15, 0.2) is 29.3 Å². The van der Waals surface area contributed by atoms with Gasteiger partial charge in [-0.2, -0.15) is 0 Å². The van der Waals surface area contributed by atoms with Crippen molar-refractivity contribution in [3.05, 3.63) is 40.2 Å². The number of carboxylic acids is 1. The van der Waals surface area contributed by atoms with E-state index in [0.717, 1.165) is 17.2 Å². The Balaban J connectivity index is 2.19. The van der Waals surface area contributed by atoms with Crippen LogP contribution in [0.2, 0.25) is 5.02 Å². The summed E-state index contributed by atoms with van der Waals surface area (Å²) in [6, 6.07) is 3.81. The van der Waals surface area contributed by atoms with E-state index in [1.54, 1.807) is 0 Å². The maximum absolute atomic E-state index is 13.1. The molecule has 1 aliphatic carbocycles. The van der Waals surface area contributed by atoms with Crippen LogP contribution in [0.5, 0.6) is 0 Å². The second kappa shape index (κ2) is 6.48. The minimum atomic E-state index is -1.23. The summed E-state index contributed by atoms with van der Waals surface area (Å²) in [4.78, 5) is 23.7. The molecule has 1 amide bonds. The molecule has 2 atom stereocenters. The molecule has 2 rings (SSSR count). The lowest BCUT2D eigenvalue weighted by molar-refractivity contribution is -0.313. The van der Waals surface area contributed by atoms with Crippen LogP contribution in [0, 0.1) is 17.7 Å². The molecule has 0 saturated heterocycles. The van der Waals surface area contributed by atoms with Crippen molar-refractivity contribution in [1.82, 2.24) is 0 Å². The Morgan fingerprint density at radius 3 is 2.36 bits per heavy atom. The van der Waals surface area contributed by atoms with Crippen molar-refractivity contribution < 1.29 is 19.1 Å². The number of hydrogen-bond acceptors (Lipinski definition) is 3. The molecule has 0 saturated carbocycles. The predicted octanol–water partition coefficient (Wildman–Crippen LogP) is 2.53. The Labute approximate surface area is 133 Å². The monoisotopic (exact) mass is 324 g/mol. The average molecular weight is 325 g/mol. The molecule has 0 radical (unpaired) electrons. The molecule has 22 heavy (non-hydrogen) atoms. The number of benzene rings is 1. The van der Waals surface area contributed by atoms with Gasteiger partial charge in [-0.1, -0.05) is 22.7 Å². The largest absolute Gasteiger partial charge is 0.550 e. The predicted molar refractivity (Wildman–Crippen MR) is 79.6 cm³/mol. The first-order chi connectivity index (χ1) is 10.3. The number of amides is 1. The Bertz CT molecular complexity index is 657. The molecule has 0 spiro atoms. The Kier molecular flexibility index (Phi) is 4.86. The average Bonchev–Trinajstić information content (AvgIpc) is 2.45. The van der Waals surface area contributed by atoms with Crippen molar-refractivity contribution in [2.75, 3.05) is 5.32 Å². The number of nitrogens with one attached hydrogen (secondary N) is 1. The van der Waals surface area contributed by atoms with Gasteiger partial charge >= 0.3 is 0 Å². The summed E-state index contributed by atoms with van der Waals surface area (Å²) >= 11 is 5.67. The van der Waals surface area contributed by atoms with Gasteiger partial charge in [-0.25, -0.2) is 4.39 Å². The molecule has 4 nitrogen and oxygen atoms in total. The molecular formula is C16H16ClFNO3-. The first-order valence-corrected chi connectivity index (χ1v) is 7.29. The number of allylic oxidation sites excluding steroid dienone is 2. The van der Waals surface area contributed by atoms with Crippen LogP contribution in [0.3, 0.4) is 0 Å². The van der Waals surface area contributed by atoms with E-state index in [2.05, 4.69) is 5.32 Å². The number of halogens is 2. The summed E-state index contributed by atoms with van der Waals surface area (Å²) in [6.07, 6.45) is 0.668. The van der Waals surface area contributed by atoms with E-state index >= 15 is 0 Å². The van der Waals surface area contributed by atoms with Gasteiger partial charge in [0, 0.05) is 17.6 Å². The van der Waals surface area contributed by atoms with Gasteiger partial charge in [0.05, 0.1) is 10.9 Å². The van der Waals surface area contributed by atoms with E-state index in [1.807, 2.05) is 13.8 Å². The van der Waals surface area contributed by atoms with Gasteiger partial charge in [-0.05, 0) is 44.9 Å². The Morgan fingerprint density at radius 1 is 1.23 bits per heavy atom. The topological polar surface area (TPSA) is 69.2 Å². The van der Waals surface area contributed by atoms with Gasteiger partial charge in [0.15, 0.2) is 0 Å². The summed E-state index contributed by atoms with van der Waals surface area (Å²) in [5, 5.41) is 13.8. The summed E-state index contributed by atoms with van der Waals surface area (Å²) in [7, 11) is 0. The second-order valence-corrected chi connectivity index (χ2v) is 6.03. The standard InChI is InChI=1S/C16H17ClFNO3/c1-8-5-11(12(16(21)22)6-9(8)2)15(20)19-10-3-4-14(18)13(17)7-10/h3-4,7,11-12H,5-6H2,1-2H3,(H,19,20)(H,21,22)/p-1/t11-,12+/m0/s1. The molecule has 1 aromatic rings. The molecule has 0 fully saturated rings. The van der Waals surface area contributed by atoms with Gasteiger partial charge in [0.2, 0.25) is 5.91 Å². The smallest absolute Gasteiger partial charge is 0.228 e. The lowest BCUT2D eigenvalue weighted by Crippen LogP contribution is -2.42. The van der Waals surface area contributed by atoms with Gasteiger partial charge < -0.3 is 15.2 Å². The highest BCUT2D eigenvalue weighted by Crippen LogP contribution is 2.34. The number of carboxylic acid groups (broad SMARTS) is 1. The highest BCUT2D eigenvalue weighted by atomic mass is 35.5. The van der Waals surface area contributed by atoms with E-state index in [4.69, 9.17) is 11.6 Å². The molecule has 1 aliphatic rings. The quantitative estimate of drug-likeness (QED) is 0.869. The molecule has 1 aromatic carbocycles.